The standard InChI is InChI=1S/C16H14ClFO3/c1-20-13-4-2-3-12(18)14(13)15(19)11-8-10(17)7-9-5-6-21-16(9)11/h2-4,7-8,15,19H,5-6H2,1H3. The molecule has 3 nitrogen and oxygen atoms in total. The van der Waals surface area contributed by atoms with Gasteiger partial charge in [0.15, 0.2) is 0 Å². The molecule has 110 valence electrons. The van der Waals surface area contributed by atoms with E-state index in [1.807, 2.05) is 0 Å². The Morgan fingerprint density at radius 1 is 1.38 bits per heavy atom. The highest BCUT2D eigenvalue weighted by atomic mass is 35.5. The van der Waals surface area contributed by atoms with E-state index in [0.717, 1.165) is 12.0 Å². The van der Waals surface area contributed by atoms with E-state index in [-0.39, 0.29) is 11.3 Å². The molecule has 1 unspecified atom stereocenters. The van der Waals surface area contributed by atoms with Gasteiger partial charge in [0.1, 0.15) is 23.4 Å². The number of methoxy groups -OCH3 is 1. The van der Waals surface area contributed by atoms with Gasteiger partial charge in [-0.15, -0.1) is 0 Å². The Balaban J connectivity index is 2.14. The smallest absolute Gasteiger partial charge is 0.133 e. The molecule has 1 aliphatic heterocycles. The molecule has 0 radical (unpaired) electrons. The molecular formula is C16H14ClFO3. The van der Waals surface area contributed by atoms with Crippen LogP contribution >= 0.6 is 11.6 Å². The fourth-order valence-corrected chi connectivity index (χ4v) is 2.87. The number of hydrogen-bond donors (Lipinski definition) is 1. The van der Waals surface area contributed by atoms with Crippen molar-refractivity contribution in [1.29, 1.82) is 0 Å². The predicted molar refractivity (Wildman–Crippen MR) is 77.7 cm³/mol. The van der Waals surface area contributed by atoms with Gasteiger partial charge in [-0.05, 0) is 29.8 Å². The highest BCUT2D eigenvalue weighted by Gasteiger charge is 2.27. The van der Waals surface area contributed by atoms with Crippen molar-refractivity contribution in [2.24, 2.45) is 0 Å². The van der Waals surface area contributed by atoms with Gasteiger partial charge < -0.3 is 14.6 Å². The van der Waals surface area contributed by atoms with Gasteiger partial charge in [-0.25, -0.2) is 4.39 Å². The summed E-state index contributed by atoms with van der Waals surface area (Å²) in [4.78, 5) is 0. The van der Waals surface area contributed by atoms with E-state index in [1.165, 1.54) is 19.2 Å². The molecule has 1 heterocycles. The maximum absolute atomic E-state index is 14.1. The molecule has 1 aliphatic rings. The fraction of sp³-hybridized carbons (Fsp3) is 0.250. The minimum atomic E-state index is -1.20. The first-order valence-electron chi connectivity index (χ1n) is 6.57. The van der Waals surface area contributed by atoms with E-state index >= 15 is 0 Å². The monoisotopic (exact) mass is 308 g/mol. The van der Waals surface area contributed by atoms with E-state index in [2.05, 4.69) is 0 Å². The zero-order chi connectivity index (χ0) is 15.0. The second-order valence-corrected chi connectivity index (χ2v) is 5.28. The molecule has 0 spiro atoms. The summed E-state index contributed by atoms with van der Waals surface area (Å²) >= 11 is 6.08. The third-order valence-corrected chi connectivity index (χ3v) is 3.80. The average Bonchev–Trinajstić information content (AvgIpc) is 2.93. The van der Waals surface area contributed by atoms with Crippen molar-refractivity contribution >= 4 is 11.6 Å². The van der Waals surface area contributed by atoms with Crippen LogP contribution < -0.4 is 9.47 Å². The lowest BCUT2D eigenvalue weighted by molar-refractivity contribution is 0.203. The van der Waals surface area contributed by atoms with Crippen LogP contribution in [0.5, 0.6) is 11.5 Å². The Hall–Kier alpha value is -1.78. The second kappa shape index (κ2) is 5.54. The van der Waals surface area contributed by atoms with E-state index in [1.54, 1.807) is 18.2 Å². The van der Waals surface area contributed by atoms with Gasteiger partial charge in [0.05, 0.1) is 19.3 Å². The summed E-state index contributed by atoms with van der Waals surface area (Å²) in [5, 5.41) is 11.1. The molecule has 21 heavy (non-hydrogen) atoms. The van der Waals surface area contributed by atoms with Crippen molar-refractivity contribution in [2.45, 2.75) is 12.5 Å². The fourth-order valence-electron chi connectivity index (χ4n) is 2.62. The summed E-state index contributed by atoms with van der Waals surface area (Å²) in [5.41, 5.74) is 1.46. The van der Waals surface area contributed by atoms with E-state index in [4.69, 9.17) is 21.1 Å². The van der Waals surface area contributed by atoms with Crippen LogP contribution in [0.2, 0.25) is 5.02 Å². The number of aliphatic hydroxyl groups is 1. The lowest BCUT2D eigenvalue weighted by Crippen LogP contribution is -2.07. The number of halogens is 2. The van der Waals surface area contributed by atoms with Gasteiger partial charge in [0.2, 0.25) is 0 Å². The summed E-state index contributed by atoms with van der Waals surface area (Å²) in [6.07, 6.45) is -0.476. The van der Waals surface area contributed by atoms with Crippen LogP contribution in [-0.4, -0.2) is 18.8 Å². The molecule has 0 fully saturated rings. The molecule has 1 N–H and O–H groups in total. The highest BCUT2D eigenvalue weighted by molar-refractivity contribution is 6.30. The molecule has 1 atom stereocenters. The van der Waals surface area contributed by atoms with E-state index < -0.39 is 11.9 Å². The average molecular weight is 309 g/mol. The predicted octanol–water partition coefficient (Wildman–Crippen LogP) is 3.50. The molecule has 0 saturated carbocycles. The number of ether oxygens (including phenoxy) is 2. The summed E-state index contributed by atoms with van der Waals surface area (Å²) in [7, 11) is 1.43. The Bertz CT molecular complexity index is 687. The largest absolute Gasteiger partial charge is 0.496 e. The SMILES string of the molecule is COc1cccc(F)c1C(O)c1cc(Cl)cc2c1OCC2. The Morgan fingerprint density at radius 2 is 2.19 bits per heavy atom. The molecule has 2 aromatic rings. The number of benzene rings is 2. The van der Waals surface area contributed by atoms with Crippen molar-refractivity contribution in [1.82, 2.24) is 0 Å². The molecule has 3 rings (SSSR count). The Kier molecular flexibility index (Phi) is 3.74. The summed E-state index contributed by atoms with van der Waals surface area (Å²) in [5.74, 6) is 0.333. The van der Waals surface area contributed by atoms with Gasteiger partial charge in [-0.3, -0.25) is 0 Å². The van der Waals surface area contributed by atoms with Gasteiger partial charge in [0.25, 0.3) is 0 Å². The third-order valence-electron chi connectivity index (χ3n) is 3.58. The zero-order valence-electron chi connectivity index (χ0n) is 11.4. The van der Waals surface area contributed by atoms with Crippen molar-refractivity contribution < 1.29 is 19.0 Å². The number of hydrogen-bond acceptors (Lipinski definition) is 3. The summed E-state index contributed by atoms with van der Waals surface area (Å²) in [6, 6.07) is 7.82. The second-order valence-electron chi connectivity index (χ2n) is 4.84. The van der Waals surface area contributed by atoms with Crippen LogP contribution in [0.3, 0.4) is 0 Å². The number of fused-ring (bicyclic) bond motifs is 1. The number of aliphatic hydroxyl groups excluding tert-OH is 1. The Labute approximate surface area is 126 Å². The lowest BCUT2D eigenvalue weighted by Gasteiger charge is -2.18. The normalized spacial score (nSPS) is 14.5. The third kappa shape index (κ3) is 2.45. The molecule has 5 heteroatoms. The molecule has 2 aromatic carbocycles. The topological polar surface area (TPSA) is 38.7 Å². The van der Waals surface area contributed by atoms with Gasteiger partial charge in [0, 0.05) is 17.0 Å². The quantitative estimate of drug-likeness (QED) is 0.943. The molecule has 0 amide bonds. The molecular weight excluding hydrogens is 295 g/mol. The maximum atomic E-state index is 14.1. The first-order valence-corrected chi connectivity index (χ1v) is 6.95. The van der Waals surface area contributed by atoms with E-state index in [0.29, 0.717) is 22.9 Å². The van der Waals surface area contributed by atoms with E-state index in [9.17, 15) is 9.50 Å². The van der Waals surface area contributed by atoms with Crippen LogP contribution in [0, 0.1) is 5.82 Å². The van der Waals surface area contributed by atoms with Gasteiger partial charge >= 0.3 is 0 Å². The minimum absolute atomic E-state index is 0.0833. The van der Waals surface area contributed by atoms with Crippen LogP contribution in [0.25, 0.3) is 0 Å². The van der Waals surface area contributed by atoms with Crippen LogP contribution in [0.1, 0.15) is 22.8 Å². The zero-order valence-corrected chi connectivity index (χ0v) is 12.2. The molecule has 0 bridgehead atoms. The molecule has 0 aromatic heterocycles. The highest BCUT2D eigenvalue weighted by Crippen LogP contribution is 2.41. The molecule has 0 saturated heterocycles. The van der Waals surface area contributed by atoms with Crippen molar-refractivity contribution in [3.63, 3.8) is 0 Å². The first kappa shape index (κ1) is 14.2. The van der Waals surface area contributed by atoms with Crippen molar-refractivity contribution in [3.05, 3.63) is 57.9 Å². The van der Waals surface area contributed by atoms with Crippen molar-refractivity contribution in [3.8, 4) is 11.5 Å². The van der Waals surface area contributed by atoms with Gasteiger partial charge in [-0.1, -0.05) is 17.7 Å². The van der Waals surface area contributed by atoms with Gasteiger partial charge in [-0.2, -0.15) is 0 Å². The minimum Gasteiger partial charge on any atom is -0.496 e. The lowest BCUT2D eigenvalue weighted by atomic mass is 9.97. The molecule has 0 aliphatic carbocycles. The summed E-state index contributed by atoms with van der Waals surface area (Å²) in [6.45, 7) is 0.532. The Morgan fingerprint density at radius 3 is 2.95 bits per heavy atom. The number of rotatable bonds is 3. The van der Waals surface area contributed by atoms with Crippen LogP contribution in [0.15, 0.2) is 30.3 Å². The maximum Gasteiger partial charge on any atom is 0.133 e. The van der Waals surface area contributed by atoms with Crippen LogP contribution in [0.4, 0.5) is 4.39 Å². The van der Waals surface area contributed by atoms with Crippen LogP contribution in [-0.2, 0) is 6.42 Å². The summed E-state index contributed by atoms with van der Waals surface area (Å²) < 4.78 is 24.8. The first-order chi connectivity index (χ1) is 10.1. The van der Waals surface area contributed by atoms with Crippen molar-refractivity contribution in [2.75, 3.05) is 13.7 Å².